The van der Waals surface area contributed by atoms with E-state index >= 15 is 0 Å². The van der Waals surface area contributed by atoms with Crippen LogP contribution in [0, 0.1) is 6.92 Å². The Morgan fingerprint density at radius 2 is 2.14 bits per heavy atom. The standard InChI is InChI=1S/C17H19ClN2S/c1-4-13-7-8-21-16(13)10-20-15-6-5-11(2)9-14(15)19-17(20)12(3)18/h5-9,12H,4,10H2,1-3H3. The Morgan fingerprint density at radius 3 is 2.86 bits per heavy atom. The van der Waals surface area contributed by atoms with Crippen LogP contribution in [0.15, 0.2) is 29.6 Å². The lowest BCUT2D eigenvalue weighted by Crippen LogP contribution is -2.06. The number of hydrogen-bond donors (Lipinski definition) is 0. The maximum absolute atomic E-state index is 6.35. The van der Waals surface area contributed by atoms with Gasteiger partial charge in [-0.15, -0.1) is 22.9 Å². The van der Waals surface area contributed by atoms with Crippen molar-refractivity contribution in [3.8, 4) is 0 Å². The number of aromatic nitrogens is 2. The molecule has 0 spiro atoms. The number of thiophene rings is 1. The number of aryl methyl sites for hydroxylation is 2. The molecule has 2 heterocycles. The predicted molar refractivity (Wildman–Crippen MR) is 91.5 cm³/mol. The van der Waals surface area contributed by atoms with E-state index < -0.39 is 0 Å². The lowest BCUT2D eigenvalue weighted by atomic mass is 10.2. The van der Waals surface area contributed by atoms with Crippen molar-refractivity contribution in [2.45, 2.75) is 39.1 Å². The average molecular weight is 319 g/mol. The second kappa shape index (κ2) is 5.82. The summed E-state index contributed by atoms with van der Waals surface area (Å²) in [5, 5.41) is 2.07. The first-order chi connectivity index (χ1) is 10.1. The molecule has 0 aliphatic rings. The minimum Gasteiger partial charge on any atom is -0.321 e. The summed E-state index contributed by atoms with van der Waals surface area (Å²) in [7, 11) is 0. The first kappa shape index (κ1) is 14.6. The summed E-state index contributed by atoms with van der Waals surface area (Å²) in [4.78, 5) is 6.14. The Morgan fingerprint density at radius 1 is 1.33 bits per heavy atom. The highest BCUT2D eigenvalue weighted by molar-refractivity contribution is 7.10. The normalized spacial score (nSPS) is 13.0. The third-order valence-electron chi connectivity index (χ3n) is 3.81. The van der Waals surface area contributed by atoms with Gasteiger partial charge in [-0.3, -0.25) is 0 Å². The minimum atomic E-state index is -0.0947. The van der Waals surface area contributed by atoms with E-state index in [0.29, 0.717) is 0 Å². The zero-order valence-corrected chi connectivity index (χ0v) is 14.1. The van der Waals surface area contributed by atoms with Crippen LogP contribution in [0.2, 0.25) is 0 Å². The van der Waals surface area contributed by atoms with Crippen LogP contribution in [-0.2, 0) is 13.0 Å². The number of rotatable bonds is 4. The second-order valence-electron chi connectivity index (χ2n) is 5.39. The highest BCUT2D eigenvalue weighted by Crippen LogP contribution is 2.28. The monoisotopic (exact) mass is 318 g/mol. The van der Waals surface area contributed by atoms with Crippen LogP contribution in [0.1, 0.15) is 41.1 Å². The quantitative estimate of drug-likeness (QED) is 0.595. The van der Waals surface area contributed by atoms with Crippen molar-refractivity contribution in [1.29, 1.82) is 0 Å². The highest BCUT2D eigenvalue weighted by Gasteiger charge is 2.16. The molecule has 3 rings (SSSR count). The molecule has 0 radical (unpaired) electrons. The first-order valence-electron chi connectivity index (χ1n) is 7.26. The van der Waals surface area contributed by atoms with Gasteiger partial charge in [0, 0.05) is 4.88 Å². The van der Waals surface area contributed by atoms with E-state index in [4.69, 9.17) is 16.6 Å². The van der Waals surface area contributed by atoms with Gasteiger partial charge in [-0.25, -0.2) is 4.98 Å². The Balaban J connectivity index is 2.13. The van der Waals surface area contributed by atoms with Crippen molar-refractivity contribution in [2.75, 3.05) is 0 Å². The van der Waals surface area contributed by atoms with Gasteiger partial charge in [-0.05, 0) is 55.0 Å². The van der Waals surface area contributed by atoms with E-state index in [1.54, 1.807) is 0 Å². The fraction of sp³-hybridized carbons (Fsp3) is 0.353. The number of fused-ring (bicyclic) bond motifs is 1. The van der Waals surface area contributed by atoms with Crippen LogP contribution in [0.25, 0.3) is 11.0 Å². The van der Waals surface area contributed by atoms with E-state index in [9.17, 15) is 0 Å². The number of imidazole rings is 1. The molecule has 0 bridgehead atoms. The van der Waals surface area contributed by atoms with Gasteiger partial charge in [-0.1, -0.05) is 13.0 Å². The van der Waals surface area contributed by atoms with Crippen molar-refractivity contribution in [3.05, 3.63) is 51.5 Å². The molecule has 1 unspecified atom stereocenters. The maximum Gasteiger partial charge on any atom is 0.128 e. The Kier molecular flexibility index (Phi) is 4.05. The Hall–Kier alpha value is -1.32. The van der Waals surface area contributed by atoms with Gasteiger partial charge in [0.05, 0.1) is 23.0 Å². The molecule has 4 heteroatoms. The number of halogens is 1. The highest BCUT2D eigenvalue weighted by atomic mass is 35.5. The molecule has 0 aliphatic heterocycles. The summed E-state index contributed by atoms with van der Waals surface area (Å²) >= 11 is 8.17. The second-order valence-corrected chi connectivity index (χ2v) is 7.04. The first-order valence-corrected chi connectivity index (χ1v) is 8.58. The molecule has 1 atom stereocenters. The molecule has 0 aliphatic carbocycles. The molecule has 0 fully saturated rings. The molecule has 0 amide bonds. The van der Waals surface area contributed by atoms with E-state index in [0.717, 1.165) is 24.3 Å². The SMILES string of the molecule is CCc1ccsc1Cn1c(C(C)Cl)nc2cc(C)ccc21. The van der Waals surface area contributed by atoms with E-state index in [-0.39, 0.29) is 5.38 Å². The number of hydrogen-bond acceptors (Lipinski definition) is 2. The van der Waals surface area contributed by atoms with Crippen molar-refractivity contribution in [3.63, 3.8) is 0 Å². The largest absolute Gasteiger partial charge is 0.321 e. The summed E-state index contributed by atoms with van der Waals surface area (Å²) in [5.74, 6) is 0.952. The summed E-state index contributed by atoms with van der Waals surface area (Å²) in [6, 6.07) is 8.63. The van der Waals surface area contributed by atoms with E-state index in [1.165, 1.54) is 21.5 Å². The molecule has 0 N–H and O–H groups in total. The van der Waals surface area contributed by atoms with Crippen LogP contribution in [0.5, 0.6) is 0 Å². The van der Waals surface area contributed by atoms with Crippen molar-refractivity contribution >= 4 is 34.0 Å². The Labute approximate surface area is 134 Å². The summed E-state index contributed by atoms with van der Waals surface area (Å²) < 4.78 is 2.26. The van der Waals surface area contributed by atoms with E-state index in [2.05, 4.69) is 48.1 Å². The average Bonchev–Trinajstić information content (AvgIpc) is 3.03. The van der Waals surface area contributed by atoms with Crippen LogP contribution in [0.4, 0.5) is 0 Å². The summed E-state index contributed by atoms with van der Waals surface area (Å²) in [6.45, 7) is 7.14. The van der Waals surface area contributed by atoms with Crippen LogP contribution in [0.3, 0.4) is 0 Å². The van der Waals surface area contributed by atoms with Crippen LogP contribution >= 0.6 is 22.9 Å². The third kappa shape index (κ3) is 2.72. The minimum absolute atomic E-state index is 0.0947. The fourth-order valence-electron chi connectivity index (χ4n) is 2.69. The van der Waals surface area contributed by atoms with Crippen molar-refractivity contribution in [2.24, 2.45) is 0 Å². The molecule has 1 aromatic carbocycles. The maximum atomic E-state index is 6.35. The lowest BCUT2D eigenvalue weighted by molar-refractivity contribution is 0.746. The van der Waals surface area contributed by atoms with Gasteiger partial charge in [0.2, 0.25) is 0 Å². The molecule has 21 heavy (non-hydrogen) atoms. The molecule has 0 saturated carbocycles. The van der Waals surface area contributed by atoms with Gasteiger partial charge in [0.1, 0.15) is 5.82 Å². The molecule has 110 valence electrons. The predicted octanol–water partition coefficient (Wildman–Crippen LogP) is 5.32. The fourth-order valence-corrected chi connectivity index (χ4v) is 3.82. The molecule has 2 aromatic heterocycles. The van der Waals surface area contributed by atoms with Crippen LogP contribution in [-0.4, -0.2) is 9.55 Å². The van der Waals surface area contributed by atoms with E-state index in [1.807, 2.05) is 18.3 Å². The van der Waals surface area contributed by atoms with Gasteiger partial charge >= 0.3 is 0 Å². The smallest absolute Gasteiger partial charge is 0.128 e. The molecular formula is C17H19ClN2S. The molecular weight excluding hydrogens is 300 g/mol. The molecule has 3 aromatic rings. The van der Waals surface area contributed by atoms with Crippen LogP contribution < -0.4 is 0 Å². The topological polar surface area (TPSA) is 17.8 Å². The van der Waals surface area contributed by atoms with Gasteiger partial charge in [-0.2, -0.15) is 0 Å². The molecule has 0 saturated heterocycles. The number of benzene rings is 1. The van der Waals surface area contributed by atoms with Crippen molar-refractivity contribution in [1.82, 2.24) is 9.55 Å². The summed E-state index contributed by atoms with van der Waals surface area (Å²) in [5.41, 5.74) is 4.85. The third-order valence-corrected chi connectivity index (χ3v) is 4.95. The summed E-state index contributed by atoms with van der Waals surface area (Å²) in [6.07, 6.45) is 1.07. The molecule has 2 nitrogen and oxygen atoms in total. The number of alkyl halides is 1. The Bertz CT molecular complexity index is 770. The lowest BCUT2D eigenvalue weighted by Gasteiger charge is -2.11. The van der Waals surface area contributed by atoms with Crippen molar-refractivity contribution < 1.29 is 0 Å². The zero-order chi connectivity index (χ0) is 15.0. The zero-order valence-electron chi connectivity index (χ0n) is 12.6. The van der Waals surface area contributed by atoms with Gasteiger partial charge in [0.15, 0.2) is 0 Å². The van der Waals surface area contributed by atoms with Gasteiger partial charge < -0.3 is 4.57 Å². The number of nitrogens with zero attached hydrogens (tertiary/aromatic N) is 2. The van der Waals surface area contributed by atoms with Gasteiger partial charge in [0.25, 0.3) is 0 Å².